The maximum atomic E-state index is 12.1. The van der Waals surface area contributed by atoms with Gasteiger partial charge in [0.05, 0.1) is 17.0 Å². The minimum atomic E-state index is -0.412. The first-order valence-corrected chi connectivity index (χ1v) is 9.74. The fourth-order valence-electron chi connectivity index (χ4n) is 2.79. The van der Waals surface area contributed by atoms with Crippen LogP contribution in [-0.2, 0) is 4.79 Å². The number of imidazole rings is 1. The van der Waals surface area contributed by atoms with Gasteiger partial charge in [-0.3, -0.25) is 25.0 Å². The van der Waals surface area contributed by atoms with Crippen LogP contribution in [0.2, 0.25) is 0 Å². The second-order valence-corrected chi connectivity index (χ2v) is 7.36. The third-order valence-electron chi connectivity index (χ3n) is 4.38. The quantitative estimate of drug-likeness (QED) is 0.509. The average molecular weight is 398 g/mol. The van der Waals surface area contributed by atoms with Crippen LogP contribution in [0.15, 0.2) is 46.2 Å². The number of aromatic nitrogens is 2. The van der Waals surface area contributed by atoms with E-state index < -0.39 is 5.91 Å². The molecular formula is C20H22N4O3S. The molecule has 0 bridgehead atoms. The number of thioether (sulfide) groups is 1. The van der Waals surface area contributed by atoms with Gasteiger partial charge in [0.1, 0.15) is 11.5 Å². The van der Waals surface area contributed by atoms with Gasteiger partial charge in [0.2, 0.25) is 5.91 Å². The number of benzene rings is 1. The first-order valence-electron chi connectivity index (χ1n) is 8.75. The van der Waals surface area contributed by atoms with Crippen LogP contribution in [0.25, 0.3) is 5.69 Å². The molecule has 0 aliphatic carbocycles. The van der Waals surface area contributed by atoms with Crippen molar-refractivity contribution in [1.29, 1.82) is 0 Å². The Kier molecular flexibility index (Phi) is 5.89. The van der Waals surface area contributed by atoms with Crippen molar-refractivity contribution >= 4 is 23.6 Å². The van der Waals surface area contributed by atoms with Gasteiger partial charge in [0.15, 0.2) is 5.16 Å². The van der Waals surface area contributed by atoms with E-state index in [-0.39, 0.29) is 11.7 Å². The predicted molar refractivity (Wildman–Crippen MR) is 108 cm³/mol. The number of hydrogen-bond acceptors (Lipinski definition) is 5. The topological polar surface area (TPSA) is 89.2 Å². The summed E-state index contributed by atoms with van der Waals surface area (Å²) >= 11 is 1.30. The van der Waals surface area contributed by atoms with E-state index in [1.54, 1.807) is 26.1 Å². The lowest BCUT2D eigenvalue weighted by Gasteiger charge is -2.12. The number of hydrogen-bond donors (Lipinski definition) is 2. The lowest BCUT2D eigenvalue weighted by molar-refractivity contribution is -0.119. The molecule has 3 aromatic rings. The third-order valence-corrected chi connectivity index (χ3v) is 5.34. The minimum Gasteiger partial charge on any atom is -0.466 e. The first-order chi connectivity index (χ1) is 13.4. The molecule has 2 amide bonds. The molecule has 2 heterocycles. The molecular weight excluding hydrogens is 376 g/mol. The summed E-state index contributed by atoms with van der Waals surface area (Å²) in [6, 6.07) is 7.70. The van der Waals surface area contributed by atoms with Crippen LogP contribution in [-0.4, -0.2) is 27.1 Å². The van der Waals surface area contributed by atoms with E-state index in [4.69, 9.17) is 4.42 Å². The highest BCUT2D eigenvalue weighted by Crippen LogP contribution is 2.24. The zero-order valence-electron chi connectivity index (χ0n) is 16.2. The van der Waals surface area contributed by atoms with Gasteiger partial charge in [-0.25, -0.2) is 4.98 Å². The Morgan fingerprint density at radius 1 is 1.18 bits per heavy atom. The van der Waals surface area contributed by atoms with Crippen LogP contribution < -0.4 is 10.9 Å². The largest absolute Gasteiger partial charge is 0.466 e. The Balaban J connectivity index is 1.59. The molecule has 7 nitrogen and oxygen atoms in total. The van der Waals surface area contributed by atoms with Crippen molar-refractivity contribution < 1.29 is 14.0 Å². The highest BCUT2D eigenvalue weighted by atomic mass is 32.2. The SMILES string of the molecule is Cc1cc(C(=O)NNC(=O)CSc2nccn2-c2cccc(C)c2C)c(C)o1. The number of carbonyl (C=O) groups is 2. The van der Waals surface area contributed by atoms with E-state index in [0.717, 1.165) is 11.3 Å². The molecule has 0 radical (unpaired) electrons. The summed E-state index contributed by atoms with van der Waals surface area (Å²) in [6.45, 7) is 7.58. The van der Waals surface area contributed by atoms with E-state index in [1.807, 2.05) is 22.9 Å². The van der Waals surface area contributed by atoms with Crippen LogP contribution in [0.3, 0.4) is 0 Å². The summed E-state index contributed by atoms with van der Waals surface area (Å²) in [6.07, 6.45) is 3.57. The smallest absolute Gasteiger partial charge is 0.273 e. The predicted octanol–water partition coefficient (Wildman–Crippen LogP) is 3.25. The first kappa shape index (κ1) is 19.8. The molecule has 2 aromatic heterocycles. The fourth-order valence-corrected chi connectivity index (χ4v) is 3.56. The van der Waals surface area contributed by atoms with Crippen molar-refractivity contribution in [2.24, 2.45) is 0 Å². The second kappa shape index (κ2) is 8.35. The van der Waals surface area contributed by atoms with Gasteiger partial charge in [-0.05, 0) is 51.0 Å². The zero-order valence-corrected chi connectivity index (χ0v) is 17.0. The molecule has 0 saturated carbocycles. The third kappa shape index (κ3) is 4.28. The number of nitrogens with zero attached hydrogens (tertiary/aromatic N) is 2. The number of nitrogens with one attached hydrogen (secondary N) is 2. The van der Waals surface area contributed by atoms with E-state index >= 15 is 0 Å². The number of amides is 2. The summed E-state index contributed by atoms with van der Waals surface area (Å²) in [4.78, 5) is 28.6. The monoisotopic (exact) mass is 398 g/mol. The van der Waals surface area contributed by atoms with Crippen LogP contribution in [0.5, 0.6) is 0 Å². The maximum absolute atomic E-state index is 12.1. The molecule has 146 valence electrons. The molecule has 28 heavy (non-hydrogen) atoms. The highest BCUT2D eigenvalue weighted by Gasteiger charge is 2.15. The number of aryl methyl sites for hydroxylation is 3. The van der Waals surface area contributed by atoms with Crippen molar-refractivity contribution in [1.82, 2.24) is 20.4 Å². The number of rotatable bonds is 5. The summed E-state index contributed by atoms with van der Waals surface area (Å²) < 4.78 is 7.28. The lowest BCUT2D eigenvalue weighted by atomic mass is 10.1. The minimum absolute atomic E-state index is 0.117. The molecule has 1 aromatic carbocycles. The lowest BCUT2D eigenvalue weighted by Crippen LogP contribution is -2.42. The van der Waals surface area contributed by atoms with Crippen LogP contribution in [0, 0.1) is 27.7 Å². The number of furan rings is 1. The molecule has 0 aliphatic heterocycles. The van der Waals surface area contributed by atoms with Gasteiger partial charge in [-0.2, -0.15) is 0 Å². The summed E-state index contributed by atoms with van der Waals surface area (Å²) in [5.41, 5.74) is 8.60. The molecule has 0 atom stereocenters. The number of hydrazine groups is 1. The Hall–Kier alpha value is -3.00. The molecule has 8 heteroatoms. The molecule has 0 aliphatic rings. The van der Waals surface area contributed by atoms with Crippen molar-refractivity contribution in [3.8, 4) is 5.69 Å². The van der Waals surface area contributed by atoms with Gasteiger partial charge in [-0.1, -0.05) is 23.9 Å². The molecule has 2 N–H and O–H groups in total. The Labute approximate surface area is 167 Å². The second-order valence-electron chi connectivity index (χ2n) is 6.42. The van der Waals surface area contributed by atoms with E-state index in [9.17, 15) is 9.59 Å². The van der Waals surface area contributed by atoms with Crippen LogP contribution in [0.1, 0.15) is 33.0 Å². The normalized spacial score (nSPS) is 10.7. The van der Waals surface area contributed by atoms with E-state index in [2.05, 4.69) is 35.7 Å². The molecule has 0 saturated heterocycles. The Bertz CT molecular complexity index is 1020. The molecule has 3 rings (SSSR count). The summed E-state index contributed by atoms with van der Waals surface area (Å²) in [5, 5.41) is 0.705. The number of carbonyl (C=O) groups excluding carboxylic acids is 2. The van der Waals surface area contributed by atoms with Crippen molar-refractivity contribution in [3.05, 3.63) is 64.9 Å². The Morgan fingerprint density at radius 3 is 2.68 bits per heavy atom. The van der Waals surface area contributed by atoms with Gasteiger partial charge < -0.3 is 4.42 Å². The average Bonchev–Trinajstić information content (AvgIpc) is 3.26. The Morgan fingerprint density at radius 2 is 1.96 bits per heavy atom. The van der Waals surface area contributed by atoms with E-state index in [0.29, 0.717) is 22.2 Å². The van der Waals surface area contributed by atoms with Crippen molar-refractivity contribution in [2.45, 2.75) is 32.9 Å². The highest BCUT2D eigenvalue weighted by molar-refractivity contribution is 7.99. The fraction of sp³-hybridized carbons (Fsp3) is 0.250. The molecule has 0 fully saturated rings. The summed E-state index contributed by atoms with van der Waals surface area (Å²) in [7, 11) is 0. The van der Waals surface area contributed by atoms with Crippen LogP contribution in [0.4, 0.5) is 0 Å². The molecule has 0 spiro atoms. The summed E-state index contributed by atoms with van der Waals surface area (Å²) in [5.74, 6) is 0.527. The maximum Gasteiger partial charge on any atom is 0.273 e. The molecule has 0 unspecified atom stereocenters. The van der Waals surface area contributed by atoms with Crippen molar-refractivity contribution in [3.63, 3.8) is 0 Å². The van der Waals surface area contributed by atoms with Gasteiger partial charge >= 0.3 is 0 Å². The van der Waals surface area contributed by atoms with Gasteiger partial charge in [-0.15, -0.1) is 0 Å². The standard InChI is InChI=1S/C20H22N4O3S/c1-12-6-5-7-17(14(12)3)24-9-8-21-20(24)28-11-18(25)22-23-19(26)16-10-13(2)27-15(16)4/h5-10H,11H2,1-4H3,(H,22,25)(H,23,26). The van der Waals surface area contributed by atoms with Gasteiger partial charge in [0.25, 0.3) is 5.91 Å². The van der Waals surface area contributed by atoms with Gasteiger partial charge in [0, 0.05) is 12.4 Å². The van der Waals surface area contributed by atoms with Crippen molar-refractivity contribution in [2.75, 3.05) is 5.75 Å². The van der Waals surface area contributed by atoms with E-state index in [1.165, 1.54) is 17.3 Å². The zero-order chi connectivity index (χ0) is 20.3. The van der Waals surface area contributed by atoms with Crippen LogP contribution >= 0.6 is 11.8 Å².